The summed E-state index contributed by atoms with van der Waals surface area (Å²) in [6, 6.07) is 31.2. The first-order valence-corrected chi connectivity index (χ1v) is 23.6. The van der Waals surface area contributed by atoms with Gasteiger partial charge in [0.15, 0.2) is 6.29 Å². The molecule has 0 amide bonds. The largest absolute Gasteiger partial charge is 0.368 e. The van der Waals surface area contributed by atoms with Gasteiger partial charge in [0.1, 0.15) is 18.3 Å². The Morgan fingerprint density at radius 3 is 1.86 bits per heavy atom. The number of ether oxygens (including phenoxy) is 5. The monoisotopic (exact) mass is 803 g/mol. The van der Waals surface area contributed by atoms with E-state index in [1.807, 2.05) is 18.2 Å². The van der Waals surface area contributed by atoms with E-state index in [0.717, 1.165) is 65.0 Å². The summed E-state index contributed by atoms with van der Waals surface area (Å²) in [6.07, 6.45) is 15.0. The maximum atomic E-state index is 7.18. The third-order valence-electron chi connectivity index (χ3n) is 16.2. The minimum absolute atomic E-state index is 0.0684. The van der Waals surface area contributed by atoms with Crippen LogP contribution in [0, 0.1) is 46.3 Å². The molecule has 1 saturated heterocycles. The van der Waals surface area contributed by atoms with Crippen molar-refractivity contribution in [1.29, 1.82) is 0 Å². The zero-order valence-electron chi connectivity index (χ0n) is 37.1. The van der Waals surface area contributed by atoms with Gasteiger partial charge in [-0.1, -0.05) is 157 Å². The Kier molecular flexibility index (Phi) is 13.9. The summed E-state index contributed by atoms with van der Waals surface area (Å²) in [5.74, 6) is 5.02. The van der Waals surface area contributed by atoms with Crippen molar-refractivity contribution in [2.75, 3.05) is 0 Å². The van der Waals surface area contributed by atoms with Crippen LogP contribution in [0.4, 0.5) is 0 Å². The number of benzene rings is 3. The van der Waals surface area contributed by atoms with Crippen molar-refractivity contribution in [3.63, 3.8) is 0 Å². The number of rotatable bonds is 16. The highest BCUT2D eigenvalue weighted by Gasteiger charge is 2.59. The molecule has 0 spiro atoms. The van der Waals surface area contributed by atoms with Crippen LogP contribution in [0.15, 0.2) is 103 Å². The van der Waals surface area contributed by atoms with Crippen molar-refractivity contribution in [3.05, 3.63) is 119 Å². The predicted molar refractivity (Wildman–Crippen MR) is 237 cm³/mol. The second-order valence-corrected chi connectivity index (χ2v) is 20.3. The highest BCUT2D eigenvalue weighted by Crippen LogP contribution is 2.67. The van der Waals surface area contributed by atoms with Gasteiger partial charge in [-0.05, 0) is 121 Å². The van der Waals surface area contributed by atoms with Crippen LogP contribution >= 0.6 is 0 Å². The van der Waals surface area contributed by atoms with Crippen molar-refractivity contribution in [2.45, 2.75) is 169 Å². The van der Waals surface area contributed by atoms with Crippen LogP contribution < -0.4 is 0 Å². The SMILES string of the molecule is CC(C)CCC[C@@H](C)[C@H]1CC[C@H]2[C@@H]3CC=C4CC(O[C@@H]5O[C@@H](C)[C@@H](OCc6ccccc6)[C@@H](OCc6ccccc6)[C@@H]5OCc5ccccc5)CC[C@]4(C)[C@H]3CC[C@]12C. The standard InChI is InChI=1S/C54H74O5/c1-37(2)17-16-18-38(3)46-27-28-47-45-26-25-43-33-44(29-31-53(43,5)48(45)30-32-54(46,47)6)59-52-51(57-36-42-23-14-9-15-24-42)50(56-35-41-21-12-8-13-22-41)49(39(4)58-52)55-34-40-19-10-7-11-20-40/h7-15,19-25,37-39,44-52H,16-18,26-36H2,1-6H3/t38-,39+,44?,45+,46-,47+,48+,49-,50-,51+,52+,53+,54-/m1/s1. The van der Waals surface area contributed by atoms with E-state index in [2.05, 4.69) is 120 Å². The molecule has 13 atom stereocenters. The van der Waals surface area contributed by atoms with E-state index in [9.17, 15) is 0 Å². The van der Waals surface area contributed by atoms with E-state index >= 15 is 0 Å². The zero-order chi connectivity index (χ0) is 41.0. The first-order valence-electron chi connectivity index (χ1n) is 23.6. The molecule has 0 bridgehead atoms. The summed E-state index contributed by atoms with van der Waals surface area (Å²) >= 11 is 0. The third-order valence-corrected chi connectivity index (χ3v) is 16.2. The molecular weight excluding hydrogens is 729 g/mol. The lowest BCUT2D eigenvalue weighted by atomic mass is 9.47. The lowest BCUT2D eigenvalue weighted by molar-refractivity contribution is -0.330. The number of allylic oxidation sites excluding steroid dienone is 1. The van der Waals surface area contributed by atoms with Crippen molar-refractivity contribution < 1.29 is 23.7 Å². The van der Waals surface area contributed by atoms with Gasteiger partial charge in [-0.25, -0.2) is 0 Å². The fraction of sp³-hybridized carbons (Fsp3) is 0.630. The molecule has 5 aliphatic rings. The fourth-order valence-electron chi connectivity index (χ4n) is 12.9. The maximum absolute atomic E-state index is 7.18. The summed E-state index contributed by atoms with van der Waals surface area (Å²) in [4.78, 5) is 0. The molecule has 0 aromatic heterocycles. The summed E-state index contributed by atoms with van der Waals surface area (Å²) in [6.45, 7) is 16.2. The molecule has 4 aliphatic carbocycles. The van der Waals surface area contributed by atoms with Crippen LogP contribution in [0.3, 0.4) is 0 Å². The first kappa shape index (κ1) is 42.9. The molecule has 320 valence electrons. The van der Waals surface area contributed by atoms with E-state index in [0.29, 0.717) is 25.2 Å². The lowest BCUT2D eigenvalue weighted by Crippen LogP contribution is -2.60. The summed E-state index contributed by atoms with van der Waals surface area (Å²) in [5, 5.41) is 0. The van der Waals surface area contributed by atoms with Gasteiger partial charge in [-0.3, -0.25) is 0 Å². The van der Waals surface area contributed by atoms with Crippen LogP contribution in [0.25, 0.3) is 0 Å². The van der Waals surface area contributed by atoms with Crippen molar-refractivity contribution in [2.24, 2.45) is 46.3 Å². The minimum Gasteiger partial charge on any atom is -0.368 e. The van der Waals surface area contributed by atoms with Gasteiger partial charge < -0.3 is 23.7 Å². The average molecular weight is 803 g/mol. The van der Waals surface area contributed by atoms with E-state index in [1.165, 1.54) is 57.8 Å². The average Bonchev–Trinajstić information content (AvgIpc) is 3.60. The minimum atomic E-state index is -0.578. The van der Waals surface area contributed by atoms with Gasteiger partial charge in [0, 0.05) is 0 Å². The Morgan fingerprint density at radius 1 is 0.661 bits per heavy atom. The lowest BCUT2D eigenvalue weighted by Gasteiger charge is -2.58. The second kappa shape index (κ2) is 19.1. The topological polar surface area (TPSA) is 46.2 Å². The molecule has 59 heavy (non-hydrogen) atoms. The first-order chi connectivity index (χ1) is 28.6. The highest BCUT2D eigenvalue weighted by atomic mass is 16.7. The van der Waals surface area contributed by atoms with Crippen LogP contribution in [-0.4, -0.2) is 36.8 Å². The van der Waals surface area contributed by atoms with E-state index in [1.54, 1.807) is 5.57 Å². The molecule has 4 fully saturated rings. The zero-order valence-corrected chi connectivity index (χ0v) is 37.1. The molecule has 1 aliphatic heterocycles. The molecule has 1 heterocycles. The molecule has 0 radical (unpaired) electrons. The molecule has 5 nitrogen and oxygen atoms in total. The van der Waals surface area contributed by atoms with Gasteiger partial charge in [0.25, 0.3) is 0 Å². The number of fused-ring (bicyclic) bond motifs is 5. The van der Waals surface area contributed by atoms with E-state index < -0.39 is 18.5 Å². The maximum Gasteiger partial charge on any atom is 0.187 e. The van der Waals surface area contributed by atoms with Gasteiger partial charge in [-0.2, -0.15) is 0 Å². The fourth-order valence-corrected chi connectivity index (χ4v) is 12.9. The molecule has 3 aromatic rings. The van der Waals surface area contributed by atoms with Crippen molar-refractivity contribution in [1.82, 2.24) is 0 Å². The molecular formula is C54H74O5. The van der Waals surface area contributed by atoms with Crippen LogP contribution in [-0.2, 0) is 43.5 Å². The van der Waals surface area contributed by atoms with Gasteiger partial charge >= 0.3 is 0 Å². The Bertz CT molecular complexity index is 1780. The normalized spacial score (nSPS) is 36.0. The van der Waals surface area contributed by atoms with Crippen molar-refractivity contribution >= 4 is 0 Å². The molecule has 0 N–H and O–H groups in total. The Hall–Kier alpha value is -2.80. The number of hydrogen-bond acceptors (Lipinski definition) is 5. The van der Waals surface area contributed by atoms with Gasteiger partial charge in [-0.15, -0.1) is 0 Å². The van der Waals surface area contributed by atoms with Gasteiger partial charge in [0.05, 0.1) is 32.0 Å². The smallest absolute Gasteiger partial charge is 0.187 e. The Labute approximate surface area is 357 Å². The molecule has 8 rings (SSSR count). The van der Waals surface area contributed by atoms with E-state index in [-0.39, 0.29) is 23.7 Å². The summed E-state index contributed by atoms with van der Waals surface area (Å²) in [5.41, 5.74) is 5.76. The third kappa shape index (κ3) is 9.51. The van der Waals surface area contributed by atoms with Crippen LogP contribution in [0.5, 0.6) is 0 Å². The highest BCUT2D eigenvalue weighted by molar-refractivity contribution is 5.26. The predicted octanol–water partition coefficient (Wildman–Crippen LogP) is 12.9. The molecule has 1 unspecified atom stereocenters. The van der Waals surface area contributed by atoms with E-state index in [4.69, 9.17) is 23.7 Å². The molecule has 3 aromatic carbocycles. The second-order valence-electron chi connectivity index (χ2n) is 20.3. The Morgan fingerprint density at radius 2 is 1.25 bits per heavy atom. The molecule has 3 saturated carbocycles. The van der Waals surface area contributed by atoms with Crippen LogP contribution in [0.1, 0.15) is 129 Å². The summed E-state index contributed by atoms with van der Waals surface area (Å²) in [7, 11) is 0. The molecule has 5 heteroatoms. The van der Waals surface area contributed by atoms with Gasteiger partial charge in [0.2, 0.25) is 0 Å². The Balaban J connectivity index is 0.987. The van der Waals surface area contributed by atoms with Crippen LogP contribution in [0.2, 0.25) is 0 Å². The van der Waals surface area contributed by atoms with Crippen molar-refractivity contribution in [3.8, 4) is 0 Å². The number of hydrogen-bond donors (Lipinski definition) is 0. The summed E-state index contributed by atoms with van der Waals surface area (Å²) < 4.78 is 34.6. The quantitative estimate of drug-likeness (QED) is 0.135.